The van der Waals surface area contributed by atoms with E-state index in [1.807, 2.05) is 54.6 Å². The Balaban J connectivity index is 1.12. The van der Waals surface area contributed by atoms with Crippen LogP contribution in [0.25, 0.3) is 72.4 Å². The van der Waals surface area contributed by atoms with Crippen LogP contribution in [0.4, 0.5) is 0 Å². The second-order valence-corrected chi connectivity index (χ2v) is 12.7. The number of allylic oxidation sites excluding steroid dienone is 3. The van der Waals surface area contributed by atoms with Crippen molar-refractivity contribution >= 4 is 38.8 Å². The van der Waals surface area contributed by atoms with Gasteiger partial charge in [-0.1, -0.05) is 84.9 Å². The number of rotatable bonds is 4. The van der Waals surface area contributed by atoms with Gasteiger partial charge in [0.05, 0.1) is 57.3 Å². The Morgan fingerprint density at radius 3 is 1.92 bits per heavy atom. The van der Waals surface area contributed by atoms with Crippen LogP contribution in [0.15, 0.2) is 151 Å². The van der Waals surface area contributed by atoms with Crippen LogP contribution in [0, 0.1) is 34.0 Å². The van der Waals surface area contributed by atoms with Gasteiger partial charge in [-0.2, -0.15) is 15.8 Å². The summed E-state index contributed by atoms with van der Waals surface area (Å²) in [4.78, 5) is 0. The van der Waals surface area contributed by atoms with Gasteiger partial charge in [-0.05, 0) is 89.0 Å². The summed E-state index contributed by atoms with van der Waals surface area (Å²) in [6.07, 6.45) is 6.57. The number of nitrogens with zero attached hydrogens (tertiary/aromatic N) is 5. The molecule has 8 aromatic rings. The van der Waals surface area contributed by atoms with Crippen LogP contribution in [0.2, 0.25) is 0 Å². The van der Waals surface area contributed by atoms with Crippen molar-refractivity contribution in [3.8, 4) is 51.8 Å². The maximum absolute atomic E-state index is 10.3. The second-order valence-electron chi connectivity index (χ2n) is 12.7. The fraction of sp³-hybridized carbons (Fsp3) is 0.0217. The van der Waals surface area contributed by atoms with Crippen molar-refractivity contribution in [3.63, 3.8) is 0 Å². The molecular formula is C46H27N5. The Bertz CT molecular complexity index is 2890. The number of hydrogen-bond donors (Lipinski definition) is 0. The van der Waals surface area contributed by atoms with E-state index in [1.165, 1.54) is 0 Å². The van der Waals surface area contributed by atoms with E-state index in [9.17, 15) is 15.8 Å². The summed E-state index contributed by atoms with van der Waals surface area (Å²) >= 11 is 0. The number of nitriles is 3. The molecule has 1 aliphatic carbocycles. The van der Waals surface area contributed by atoms with Crippen molar-refractivity contribution in [2.75, 3.05) is 0 Å². The van der Waals surface area contributed by atoms with E-state index in [2.05, 4.69) is 124 Å². The molecule has 0 bridgehead atoms. The van der Waals surface area contributed by atoms with E-state index in [0.29, 0.717) is 17.5 Å². The van der Waals surface area contributed by atoms with E-state index in [0.717, 1.165) is 83.2 Å². The van der Waals surface area contributed by atoms with Gasteiger partial charge in [0.25, 0.3) is 0 Å². The predicted molar refractivity (Wildman–Crippen MR) is 204 cm³/mol. The Kier molecular flexibility index (Phi) is 6.96. The van der Waals surface area contributed by atoms with Crippen LogP contribution in [-0.4, -0.2) is 9.13 Å². The highest BCUT2D eigenvalue weighted by molar-refractivity contribution is 6.10. The van der Waals surface area contributed by atoms with Crippen molar-refractivity contribution in [3.05, 3.63) is 174 Å². The molecule has 0 aliphatic heterocycles. The Morgan fingerprint density at radius 2 is 1.20 bits per heavy atom. The van der Waals surface area contributed by atoms with Gasteiger partial charge in [0.2, 0.25) is 0 Å². The van der Waals surface area contributed by atoms with E-state index >= 15 is 0 Å². The molecule has 236 valence electrons. The molecule has 0 radical (unpaired) electrons. The number of hydrogen-bond acceptors (Lipinski definition) is 3. The maximum Gasteiger partial charge on any atom is 0.0998 e. The SMILES string of the molecule is N#CC1=CC=Cc2c(c3ccccc3n2-c2ccc(-c3ccc(-c4c(C#N)cccc4-n4c5ccccc5c5cc(C#N)ccc54)cc3)cc2)C1. The minimum Gasteiger partial charge on any atom is -0.310 e. The van der Waals surface area contributed by atoms with Gasteiger partial charge in [0.1, 0.15) is 0 Å². The molecule has 0 unspecified atom stereocenters. The van der Waals surface area contributed by atoms with Crippen LogP contribution in [0.3, 0.4) is 0 Å². The highest BCUT2D eigenvalue weighted by Crippen LogP contribution is 2.39. The molecule has 1 aliphatic rings. The maximum atomic E-state index is 10.3. The molecule has 5 nitrogen and oxygen atoms in total. The number of aromatic nitrogens is 2. The first kappa shape index (κ1) is 29.7. The van der Waals surface area contributed by atoms with E-state index < -0.39 is 0 Å². The Labute approximate surface area is 294 Å². The summed E-state index contributed by atoms with van der Waals surface area (Å²) in [6, 6.07) is 52.3. The molecule has 0 atom stereocenters. The molecule has 0 fully saturated rings. The van der Waals surface area contributed by atoms with Gasteiger partial charge >= 0.3 is 0 Å². The van der Waals surface area contributed by atoms with Crippen LogP contribution in [0.5, 0.6) is 0 Å². The highest BCUT2D eigenvalue weighted by Gasteiger charge is 2.20. The molecule has 0 spiro atoms. The standard InChI is InChI=1S/C46H27N5/c47-27-30-7-5-13-43-39(25-30)37-9-1-3-11-41(37)50(43)36-22-20-33(21-23-36)32-16-18-34(19-17-32)46-35(29-49)8-6-14-45(46)51-42-12-4-2-10-38(42)40-26-31(28-48)15-24-44(40)51/h1-24,26H,25H2. The van der Waals surface area contributed by atoms with Crippen molar-refractivity contribution in [2.24, 2.45) is 0 Å². The Hall–Kier alpha value is -7.39. The van der Waals surface area contributed by atoms with E-state index in [-0.39, 0.29) is 0 Å². The van der Waals surface area contributed by atoms with Crippen LogP contribution < -0.4 is 0 Å². The molecular weight excluding hydrogens is 623 g/mol. The van der Waals surface area contributed by atoms with Crippen LogP contribution in [-0.2, 0) is 6.42 Å². The number of fused-ring (bicyclic) bond motifs is 6. The summed E-state index contributed by atoms with van der Waals surface area (Å²) in [5.41, 5.74) is 13.2. The summed E-state index contributed by atoms with van der Waals surface area (Å²) < 4.78 is 4.48. The molecule has 6 aromatic carbocycles. The molecule has 2 heterocycles. The zero-order valence-electron chi connectivity index (χ0n) is 27.4. The second kappa shape index (κ2) is 11.9. The third-order valence-corrected chi connectivity index (χ3v) is 9.92. The normalized spacial score (nSPS) is 12.2. The lowest BCUT2D eigenvalue weighted by Crippen LogP contribution is -1.99. The molecule has 5 heteroatoms. The molecule has 2 aromatic heterocycles. The van der Waals surface area contributed by atoms with Gasteiger partial charge in [-0.3, -0.25) is 0 Å². The van der Waals surface area contributed by atoms with E-state index in [4.69, 9.17) is 0 Å². The van der Waals surface area contributed by atoms with Gasteiger partial charge in [0, 0.05) is 39.4 Å². The first-order valence-corrected chi connectivity index (χ1v) is 16.7. The minimum atomic E-state index is 0.591. The summed E-state index contributed by atoms with van der Waals surface area (Å²) in [7, 11) is 0. The van der Waals surface area contributed by atoms with Crippen LogP contribution >= 0.6 is 0 Å². The highest BCUT2D eigenvalue weighted by atomic mass is 15.0. The molecule has 0 amide bonds. The fourth-order valence-corrected chi connectivity index (χ4v) is 7.60. The van der Waals surface area contributed by atoms with Crippen LogP contribution in [0.1, 0.15) is 22.4 Å². The summed E-state index contributed by atoms with van der Waals surface area (Å²) in [6.45, 7) is 0. The number of para-hydroxylation sites is 2. The molecule has 0 saturated carbocycles. The zero-order chi connectivity index (χ0) is 34.5. The van der Waals surface area contributed by atoms with Gasteiger partial charge in [-0.15, -0.1) is 0 Å². The third-order valence-electron chi connectivity index (χ3n) is 9.92. The summed E-state index contributed by atoms with van der Waals surface area (Å²) in [5, 5.41) is 32.8. The lowest BCUT2D eigenvalue weighted by atomic mass is 9.95. The third kappa shape index (κ3) is 4.75. The first-order valence-electron chi connectivity index (χ1n) is 16.7. The first-order chi connectivity index (χ1) is 25.2. The fourth-order valence-electron chi connectivity index (χ4n) is 7.60. The zero-order valence-corrected chi connectivity index (χ0v) is 27.4. The largest absolute Gasteiger partial charge is 0.310 e. The average molecular weight is 650 g/mol. The molecule has 0 saturated heterocycles. The van der Waals surface area contributed by atoms with Gasteiger partial charge in [0.15, 0.2) is 0 Å². The minimum absolute atomic E-state index is 0.591. The van der Waals surface area contributed by atoms with E-state index in [1.54, 1.807) is 0 Å². The smallest absolute Gasteiger partial charge is 0.0998 e. The van der Waals surface area contributed by atoms with Gasteiger partial charge in [-0.25, -0.2) is 0 Å². The monoisotopic (exact) mass is 649 g/mol. The quantitative estimate of drug-likeness (QED) is 0.190. The lowest BCUT2D eigenvalue weighted by Gasteiger charge is -2.16. The van der Waals surface area contributed by atoms with Crippen molar-refractivity contribution in [1.29, 1.82) is 15.8 Å². The topological polar surface area (TPSA) is 81.2 Å². The predicted octanol–water partition coefficient (Wildman–Crippen LogP) is 10.8. The van der Waals surface area contributed by atoms with Gasteiger partial charge < -0.3 is 9.13 Å². The van der Waals surface area contributed by atoms with Crippen molar-refractivity contribution in [2.45, 2.75) is 6.42 Å². The van der Waals surface area contributed by atoms with Crippen molar-refractivity contribution < 1.29 is 0 Å². The average Bonchev–Trinajstić information content (AvgIpc) is 3.59. The summed E-state index contributed by atoms with van der Waals surface area (Å²) in [5.74, 6) is 0. The molecule has 9 rings (SSSR count). The molecule has 51 heavy (non-hydrogen) atoms. The Morgan fingerprint density at radius 1 is 0.529 bits per heavy atom. The molecule has 0 N–H and O–H groups in total. The van der Waals surface area contributed by atoms with Crippen molar-refractivity contribution in [1.82, 2.24) is 9.13 Å². The number of benzene rings is 6. The lowest BCUT2D eigenvalue weighted by molar-refractivity contribution is 1.08.